The monoisotopic (exact) mass is 854 g/mol. The highest BCUT2D eigenvalue weighted by molar-refractivity contribution is 6.06. The van der Waals surface area contributed by atoms with Gasteiger partial charge in [-0.2, -0.15) is 0 Å². The lowest BCUT2D eigenvalue weighted by Crippen LogP contribution is -2.10. The molecule has 0 unspecified atom stereocenters. The molecule has 0 atom stereocenters. The number of nitrogens with zero attached hydrogens (tertiary/aromatic N) is 1. The van der Waals surface area contributed by atoms with Crippen LogP contribution >= 0.6 is 0 Å². The Morgan fingerprint density at radius 1 is 0.615 bits per heavy atom. The smallest absolute Gasteiger partial charge is 0.135 e. The molecule has 9 aromatic rings. The van der Waals surface area contributed by atoms with Crippen LogP contribution in [-0.4, -0.2) is 10.4 Å². The van der Waals surface area contributed by atoms with E-state index < -0.39 is 0 Å². The van der Waals surface area contributed by atoms with Crippen molar-refractivity contribution in [2.75, 3.05) is 0 Å². The Bertz CT molecular complexity index is 3000. The number of hydrogen-bond donors (Lipinski definition) is 3. The maximum Gasteiger partial charge on any atom is 0.135 e. The van der Waals surface area contributed by atoms with E-state index in [1.54, 1.807) is 0 Å². The van der Waals surface area contributed by atoms with Crippen LogP contribution in [0.1, 0.15) is 66.8 Å². The van der Waals surface area contributed by atoms with Gasteiger partial charge in [-0.05, 0) is 82.6 Å². The van der Waals surface area contributed by atoms with E-state index in [4.69, 9.17) is 21.3 Å². The lowest BCUT2D eigenvalue weighted by molar-refractivity contribution is 0.669. The van der Waals surface area contributed by atoms with E-state index in [0.717, 1.165) is 39.5 Å². The summed E-state index contributed by atoms with van der Waals surface area (Å²) in [5.74, 6) is 0.106. The van der Waals surface area contributed by atoms with Crippen LogP contribution in [-0.2, 0) is 20.0 Å². The zero-order chi connectivity index (χ0) is 46.7. The number of aryl methyl sites for hydroxylation is 1. The molecule has 0 bridgehead atoms. The first-order chi connectivity index (χ1) is 31.8. The second-order valence-electron chi connectivity index (χ2n) is 14.8. The molecule has 328 valence electrons. The summed E-state index contributed by atoms with van der Waals surface area (Å²) in [4.78, 5) is 0. The second-order valence-corrected chi connectivity index (χ2v) is 14.8. The zero-order valence-corrected chi connectivity index (χ0v) is 38.5. The first-order valence-corrected chi connectivity index (χ1v) is 22.1. The van der Waals surface area contributed by atoms with Crippen molar-refractivity contribution in [1.82, 2.24) is 4.57 Å². The number of fused-ring (bicyclic) bond motifs is 4. The van der Waals surface area contributed by atoms with E-state index in [-0.39, 0.29) is 5.84 Å². The average molecular weight is 855 g/mol. The number of para-hydroxylation sites is 1. The number of nitrogens with one attached hydrogen (secondary N) is 1. The molecule has 5 heteroatoms. The number of rotatable bonds is 9. The molecule has 0 amide bonds. The number of furan rings is 1. The van der Waals surface area contributed by atoms with Gasteiger partial charge in [-0.15, -0.1) is 13.2 Å². The minimum absolute atomic E-state index is 0.106. The molecule has 0 aliphatic rings. The summed E-state index contributed by atoms with van der Waals surface area (Å²) < 4.78 is 8.39. The summed E-state index contributed by atoms with van der Waals surface area (Å²) in [6.07, 6.45) is 11.4. The fraction of sp³-hybridized carbons (Fsp3) is 0.117. The number of benzene rings is 7. The first kappa shape index (κ1) is 48.3. The van der Waals surface area contributed by atoms with Crippen LogP contribution in [0.2, 0.25) is 0 Å². The third-order valence-electron chi connectivity index (χ3n) is 10.9. The maximum atomic E-state index is 7.29. The topological polar surface area (TPSA) is 94.0 Å². The van der Waals surface area contributed by atoms with Gasteiger partial charge < -0.3 is 20.5 Å². The lowest BCUT2D eigenvalue weighted by Gasteiger charge is -2.09. The van der Waals surface area contributed by atoms with Crippen LogP contribution in [0.5, 0.6) is 0 Å². The Morgan fingerprint density at radius 3 is 1.82 bits per heavy atom. The summed E-state index contributed by atoms with van der Waals surface area (Å²) in [7, 11) is 2.18. The van der Waals surface area contributed by atoms with Gasteiger partial charge in [-0.25, -0.2) is 0 Å². The van der Waals surface area contributed by atoms with E-state index in [9.17, 15) is 0 Å². The zero-order valence-electron chi connectivity index (χ0n) is 38.5. The number of hydrogen-bond acceptors (Lipinski definition) is 3. The van der Waals surface area contributed by atoms with Gasteiger partial charge in [0, 0.05) is 58.5 Å². The van der Waals surface area contributed by atoms with Crippen molar-refractivity contribution in [2.24, 2.45) is 18.5 Å². The second kappa shape index (κ2) is 24.2. The largest absolute Gasteiger partial charge is 0.456 e. The van der Waals surface area contributed by atoms with Gasteiger partial charge in [0.2, 0.25) is 0 Å². The Hall–Kier alpha value is -7.73. The summed E-state index contributed by atoms with van der Waals surface area (Å²) >= 11 is 0. The number of nitrogens with two attached hydrogens (primary N) is 2. The molecule has 0 spiro atoms. The van der Waals surface area contributed by atoms with Crippen molar-refractivity contribution < 1.29 is 4.42 Å². The molecule has 0 aliphatic heterocycles. The molecule has 2 heterocycles. The normalized spacial score (nSPS) is 10.6. The predicted octanol–water partition coefficient (Wildman–Crippen LogP) is 15.7. The predicted molar refractivity (Wildman–Crippen MR) is 284 cm³/mol. The van der Waals surface area contributed by atoms with E-state index in [2.05, 4.69) is 148 Å². The Balaban J connectivity index is 0.000000240. The van der Waals surface area contributed by atoms with Crippen LogP contribution in [0.25, 0.3) is 73.3 Å². The summed E-state index contributed by atoms with van der Waals surface area (Å²) in [6.45, 7) is 18.9. The van der Waals surface area contributed by atoms with Gasteiger partial charge in [0.25, 0.3) is 0 Å². The summed E-state index contributed by atoms with van der Waals surface area (Å²) in [6, 6.07) is 55.9. The molecular weight excluding hydrogens is 793 g/mol. The van der Waals surface area contributed by atoms with E-state index in [1.165, 1.54) is 61.1 Å². The van der Waals surface area contributed by atoms with Crippen molar-refractivity contribution in [3.8, 4) is 22.3 Å². The third kappa shape index (κ3) is 11.7. The fourth-order valence-electron chi connectivity index (χ4n) is 7.81. The number of nitrogen functional groups attached to an aromatic ring is 1. The van der Waals surface area contributed by atoms with Crippen molar-refractivity contribution in [1.29, 1.82) is 5.41 Å². The molecule has 9 rings (SSSR count). The van der Waals surface area contributed by atoms with Gasteiger partial charge in [-0.3, -0.25) is 5.41 Å². The summed E-state index contributed by atoms with van der Waals surface area (Å²) in [5, 5.41) is 10.9. The van der Waals surface area contributed by atoms with Gasteiger partial charge >= 0.3 is 0 Å². The minimum Gasteiger partial charge on any atom is -0.456 e. The highest BCUT2D eigenvalue weighted by atomic mass is 16.3. The quantitative estimate of drug-likeness (QED) is 0.0767. The van der Waals surface area contributed by atoms with Gasteiger partial charge in [-0.1, -0.05) is 190 Å². The Kier molecular flexibility index (Phi) is 18.0. The molecule has 5 N–H and O–H groups in total. The summed E-state index contributed by atoms with van der Waals surface area (Å²) in [5.41, 5.74) is 26.7. The van der Waals surface area contributed by atoms with E-state index in [0.29, 0.717) is 6.54 Å². The van der Waals surface area contributed by atoms with Gasteiger partial charge in [0.05, 0.1) is 0 Å². The van der Waals surface area contributed by atoms with Gasteiger partial charge in [0.1, 0.15) is 17.0 Å². The van der Waals surface area contributed by atoms with Crippen molar-refractivity contribution in [3.63, 3.8) is 0 Å². The molecule has 2 aromatic heterocycles. The van der Waals surface area contributed by atoms with Crippen molar-refractivity contribution >= 4 is 56.9 Å². The number of amidine groups is 1. The molecule has 0 saturated carbocycles. The van der Waals surface area contributed by atoms with Crippen LogP contribution in [0, 0.1) is 5.41 Å². The van der Waals surface area contributed by atoms with Gasteiger partial charge in [0.15, 0.2) is 0 Å². The maximum absolute atomic E-state index is 7.29. The van der Waals surface area contributed by atoms with E-state index in [1.807, 2.05) is 105 Å². The molecule has 65 heavy (non-hydrogen) atoms. The molecule has 7 aromatic carbocycles. The molecule has 0 radical (unpaired) electrons. The molecule has 0 fully saturated rings. The molecular formula is C60H62N4O. The minimum atomic E-state index is 0.106. The highest BCUT2D eigenvalue weighted by Gasteiger charge is 2.18. The van der Waals surface area contributed by atoms with E-state index >= 15 is 0 Å². The van der Waals surface area contributed by atoms with Crippen LogP contribution in [0.3, 0.4) is 0 Å². The van der Waals surface area contributed by atoms with Crippen LogP contribution < -0.4 is 11.5 Å². The van der Waals surface area contributed by atoms with Crippen LogP contribution in [0.4, 0.5) is 0 Å². The van der Waals surface area contributed by atoms with Crippen molar-refractivity contribution in [3.05, 3.63) is 235 Å². The first-order valence-electron chi connectivity index (χ1n) is 22.1. The lowest BCUT2D eigenvalue weighted by atomic mass is 9.96. The molecule has 5 nitrogen and oxygen atoms in total. The standard InChI is InChI=1S/C36H31NO.C13H12N2.C7H9N.C2H6.C2H4/c1-5-11-25-17-19-32-36(28(25)7-3)30(12-6-2)33(37(32)4)22-24-13-10-14-26(21-24)27-18-20-35-31(23-27)29-15-8-9-16-34(29)38-35;14-13(15)12-8-6-11(7-9-12)10-4-2-1-3-5-10;8-6-7-4-2-1-3-5-7;2*1-2/h5-21,23H,3,22H2,1-2,4H3;1-9H,(H3,14,15);1-5H,6,8H2;1-2H3;1-2H2/b11-5-,12-6-;;;;. The Labute approximate surface area is 385 Å². The fourth-order valence-corrected chi connectivity index (χ4v) is 7.81. The number of allylic oxidation sites excluding steroid dienone is 2. The average Bonchev–Trinajstić information content (AvgIpc) is 3.87. The highest BCUT2D eigenvalue weighted by Crippen LogP contribution is 2.36. The van der Waals surface area contributed by atoms with Crippen molar-refractivity contribution in [2.45, 2.75) is 40.7 Å². The number of aromatic nitrogens is 1. The SMILES string of the molecule is C=C.C=Cc1c(/C=C\C)ccc2c1c(/C=C\C)c(Cc1cccc(-c3ccc4oc5ccccc5c4c3)c1)n2C.CC.N=C(N)c1ccc(-c2ccccc2)cc1.NCc1ccccc1. The van der Waals surface area contributed by atoms with Crippen LogP contribution in [0.15, 0.2) is 200 Å². The molecule has 0 saturated heterocycles. The third-order valence-corrected chi connectivity index (χ3v) is 10.9. The Morgan fingerprint density at radius 2 is 1.18 bits per heavy atom. The molecule has 0 aliphatic carbocycles.